The molecule has 1 aliphatic rings. The fourth-order valence-corrected chi connectivity index (χ4v) is 3.90. The highest BCUT2D eigenvalue weighted by atomic mass is 19.1. The molecule has 1 aliphatic heterocycles. The Kier molecular flexibility index (Phi) is 5.76. The highest BCUT2D eigenvalue weighted by Gasteiger charge is 2.28. The van der Waals surface area contributed by atoms with Crippen molar-refractivity contribution >= 4 is 17.4 Å². The van der Waals surface area contributed by atoms with Gasteiger partial charge in [-0.05, 0) is 49.2 Å². The number of benzene rings is 1. The van der Waals surface area contributed by atoms with Crippen LogP contribution in [0.3, 0.4) is 0 Å². The number of hydrogen-bond acceptors (Lipinski definition) is 4. The molecule has 30 heavy (non-hydrogen) atoms. The second-order valence-corrected chi connectivity index (χ2v) is 7.35. The van der Waals surface area contributed by atoms with Gasteiger partial charge in [0.2, 0.25) is 5.91 Å². The number of imidazole rings is 1. The van der Waals surface area contributed by atoms with Crippen LogP contribution in [-0.2, 0) is 14.3 Å². The van der Waals surface area contributed by atoms with Crippen molar-refractivity contribution in [3.8, 4) is 11.3 Å². The zero-order valence-corrected chi connectivity index (χ0v) is 16.3. The maximum Gasteiger partial charge on any atom is 0.329 e. The Balaban J connectivity index is 1.59. The molecular formula is C22H22FN3O4. The van der Waals surface area contributed by atoms with Gasteiger partial charge >= 0.3 is 5.97 Å². The molecule has 1 aromatic carbocycles. The van der Waals surface area contributed by atoms with E-state index in [0.29, 0.717) is 13.1 Å². The van der Waals surface area contributed by atoms with Crippen LogP contribution in [0.2, 0.25) is 0 Å². The predicted molar refractivity (Wildman–Crippen MR) is 108 cm³/mol. The van der Waals surface area contributed by atoms with Gasteiger partial charge < -0.3 is 19.1 Å². The first-order valence-electron chi connectivity index (χ1n) is 9.83. The monoisotopic (exact) mass is 411 g/mol. The summed E-state index contributed by atoms with van der Waals surface area (Å²) in [5.41, 5.74) is 2.53. The summed E-state index contributed by atoms with van der Waals surface area (Å²) in [7, 11) is 0. The molecule has 156 valence electrons. The number of aliphatic carboxylic acids is 1. The average molecular weight is 411 g/mol. The largest absolute Gasteiger partial charge is 0.480 e. The minimum absolute atomic E-state index is 0.0336. The van der Waals surface area contributed by atoms with Gasteiger partial charge in [-0.15, -0.1) is 0 Å². The van der Waals surface area contributed by atoms with Crippen LogP contribution in [0.15, 0.2) is 48.7 Å². The molecule has 3 aromatic rings. The maximum atomic E-state index is 13.4. The molecule has 1 unspecified atom stereocenters. The van der Waals surface area contributed by atoms with E-state index in [4.69, 9.17) is 14.8 Å². The lowest BCUT2D eigenvalue weighted by atomic mass is 9.97. The topological polar surface area (TPSA) is 84.1 Å². The number of pyridine rings is 1. The number of fused-ring (bicyclic) bond motifs is 1. The number of rotatable bonds is 6. The molecule has 1 amide bonds. The summed E-state index contributed by atoms with van der Waals surface area (Å²) in [5.74, 6) is -0.730. The van der Waals surface area contributed by atoms with Crippen molar-refractivity contribution in [3.05, 3.63) is 60.3 Å². The molecule has 7 nitrogen and oxygen atoms in total. The molecule has 0 aliphatic carbocycles. The van der Waals surface area contributed by atoms with E-state index < -0.39 is 12.6 Å². The second kappa shape index (κ2) is 8.62. The number of ether oxygens (including phenoxy) is 1. The SMILES string of the molecule is O=C(O)COCC(=O)N1CCCC(c2nc(-c3ccc(F)cc3)c3ccccn23)C1. The number of nitrogens with zero attached hydrogens (tertiary/aromatic N) is 3. The van der Waals surface area contributed by atoms with E-state index in [0.717, 1.165) is 35.4 Å². The number of carbonyl (C=O) groups is 2. The van der Waals surface area contributed by atoms with Gasteiger partial charge in [-0.2, -0.15) is 0 Å². The van der Waals surface area contributed by atoms with Crippen LogP contribution in [0.4, 0.5) is 4.39 Å². The van der Waals surface area contributed by atoms with Crippen LogP contribution >= 0.6 is 0 Å². The van der Waals surface area contributed by atoms with E-state index in [1.807, 2.05) is 28.8 Å². The van der Waals surface area contributed by atoms with Gasteiger partial charge in [-0.3, -0.25) is 4.79 Å². The Morgan fingerprint density at radius 2 is 1.97 bits per heavy atom. The summed E-state index contributed by atoms with van der Waals surface area (Å²) in [5, 5.41) is 8.66. The molecule has 4 rings (SSSR count). The summed E-state index contributed by atoms with van der Waals surface area (Å²) in [4.78, 5) is 29.6. The first-order valence-corrected chi connectivity index (χ1v) is 9.83. The Bertz CT molecular complexity index is 1060. The zero-order chi connectivity index (χ0) is 21.1. The van der Waals surface area contributed by atoms with Crippen LogP contribution in [0.25, 0.3) is 16.8 Å². The molecule has 1 saturated heterocycles. The van der Waals surface area contributed by atoms with Crippen molar-refractivity contribution in [3.63, 3.8) is 0 Å². The molecule has 0 saturated carbocycles. The van der Waals surface area contributed by atoms with Crippen molar-refractivity contribution in [1.82, 2.24) is 14.3 Å². The molecule has 0 bridgehead atoms. The number of likely N-dealkylation sites (tertiary alicyclic amines) is 1. The second-order valence-electron chi connectivity index (χ2n) is 7.35. The van der Waals surface area contributed by atoms with Crippen molar-refractivity contribution in [2.75, 3.05) is 26.3 Å². The fourth-order valence-electron chi connectivity index (χ4n) is 3.90. The van der Waals surface area contributed by atoms with Gasteiger partial charge in [0.25, 0.3) is 0 Å². The number of amides is 1. The van der Waals surface area contributed by atoms with Crippen molar-refractivity contribution in [2.24, 2.45) is 0 Å². The first-order chi connectivity index (χ1) is 14.5. The van der Waals surface area contributed by atoms with Crippen molar-refractivity contribution in [1.29, 1.82) is 0 Å². The number of hydrogen-bond donors (Lipinski definition) is 1. The summed E-state index contributed by atoms with van der Waals surface area (Å²) < 4.78 is 20.3. The molecule has 0 radical (unpaired) electrons. The third-order valence-electron chi connectivity index (χ3n) is 5.28. The summed E-state index contributed by atoms with van der Waals surface area (Å²) in [6.45, 7) is 0.364. The molecule has 3 heterocycles. The van der Waals surface area contributed by atoms with E-state index in [1.165, 1.54) is 12.1 Å². The molecule has 1 atom stereocenters. The molecule has 1 N–H and O–H groups in total. The van der Waals surface area contributed by atoms with E-state index >= 15 is 0 Å². The summed E-state index contributed by atoms with van der Waals surface area (Å²) in [6.07, 6.45) is 3.65. The van der Waals surface area contributed by atoms with Crippen LogP contribution in [-0.4, -0.2) is 57.6 Å². The lowest BCUT2D eigenvalue weighted by molar-refractivity contribution is -0.146. The van der Waals surface area contributed by atoms with Crippen LogP contribution in [0.5, 0.6) is 0 Å². The van der Waals surface area contributed by atoms with E-state index in [1.54, 1.807) is 17.0 Å². The van der Waals surface area contributed by atoms with Crippen LogP contribution < -0.4 is 0 Å². The van der Waals surface area contributed by atoms with E-state index in [-0.39, 0.29) is 24.2 Å². The van der Waals surface area contributed by atoms with Crippen LogP contribution in [0, 0.1) is 5.82 Å². The van der Waals surface area contributed by atoms with Gasteiger partial charge in [0, 0.05) is 30.8 Å². The van der Waals surface area contributed by atoms with Gasteiger partial charge in [-0.25, -0.2) is 14.2 Å². The highest BCUT2D eigenvalue weighted by Crippen LogP contribution is 2.32. The van der Waals surface area contributed by atoms with Gasteiger partial charge in [-0.1, -0.05) is 6.07 Å². The normalized spacial score (nSPS) is 16.7. The molecule has 1 fully saturated rings. The average Bonchev–Trinajstić information content (AvgIpc) is 3.14. The zero-order valence-electron chi connectivity index (χ0n) is 16.3. The first kappa shape index (κ1) is 20.0. The lowest BCUT2D eigenvalue weighted by Crippen LogP contribution is -2.41. The Hall–Kier alpha value is -3.26. The predicted octanol–water partition coefficient (Wildman–Crippen LogP) is 2.95. The standard InChI is InChI=1S/C22H22FN3O4/c23-17-8-6-15(7-9-17)21-18-5-1-2-11-26(18)22(24-21)16-4-3-10-25(12-16)19(27)13-30-14-20(28)29/h1-2,5-9,11,16H,3-4,10,12-14H2,(H,28,29). The number of piperidine rings is 1. The summed E-state index contributed by atoms with van der Waals surface area (Å²) >= 11 is 0. The van der Waals surface area contributed by atoms with Crippen molar-refractivity contribution < 1.29 is 23.8 Å². The third-order valence-corrected chi connectivity index (χ3v) is 5.28. The third kappa shape index (κ3) is 4.18. The number of carboxylic acids is 1. The maximum absolute atomic E-state index is 13.4. The molecular weight excluding hydrogens is 389 g/mol. The Labute approximate surface area is 172 Å². The van der Waals surface area contributed by atoms with Gasteiger partial charge in [0.05, 0.1) is 11.2 Å². The minimum atomic E-state index is -1.10. The quantitative estimate of drug-likeness (QED) is 0.674. The summed E-state index contributed by atoms with van der Waals surface area (Å²) in [6, 6.07) is 12.1. The Morgan fingerprint density at radius 1 is 1.17 bits per heavy atom. The molecule has 0 spiro atoms. The van der Waals surface area contributed by atoms with E-state index in [9.17, 15) is 14.0 Å². The van der Waals surface area contributed by atoms with Gasteiger partial charge in [0.15, 0.2) is 0 Å². The van der Waals surface area contributed by atoms with Gasteiger partial charge in [0.1, 0.15) is 24.9 Å². The fraction of sp³-hybridized carbons (Fsp3) is 0.318. The van der Waals surface area contributed by atoms with E-state index in [2.05, 4.69) is 0 Å². The number of aromatic nitrogens is 2. The minimum Gasteiger partial charge on any atom is -0.480 e. The molecule has 8 heteroatoms. The molecule has 2 aromatic heterocycles. The smallest absolute Gasteiger partial charge is 0.329 e. The highest BCUT2D eigenvalue weighted by molar-refractivity contribution is 5.79. The number of carboxylic acid groups (broad SMARTS) is 1. The Morgan fingerprint density at radius 3 is 2.73 bits per heavy atom. The van der Waals surface area contributed by atoms with Crippen molar-refractivity contribution in [2.45, 2.75) is 18.8 Å². The van der Waals surface area contributed by atoms with Crippen LogP contribution in [0.1, 0.15) is 24.6 Å². The lowest BCUT2D eigenvalue weighted by Gasteiger charge is -2.32. The number of halogens is 1. The number of carbonyl (C=O) groups excluding carboxylic acids is 1.